The zero-order valence-corrected chi connectivity index (χ0v) is 16.0. The number of rotatable bonds is 7. The number of benzene rings is 1. The number of nitrogens with zero attached hydrogens (tertiary/aromatic N) is 3. The number of carbonyl (C=O) groups excluding carboxylic acids is 1. The summed E-state index contributed by atoms with van der Waals surface area (Å²) in [5, 5.41) is 3.11. The third-order valence-corrected chi connectivity index (χ3v) is 5.63. The minimum atomic E-state index is -0.0109. The molecule has 1 aliphatic carbocycles. The van der Waals surface area contributed by atoms with E-state index >= 15 is 0 Å². The van der Waals surface area contributed by atoms with E-state index in [0.717, 1.165) is 37.3 Å². The van der Waals surface area contributed by atoms with Crippen LogP contribution in [0.1, 0.15) is 24.2 Å². The van der Waals surface area contributed by atoms with Gasteiger partial charge in [0.15, 0.2) is 0 Å². The van der Waals surface area contributed by atoms with Crippen LogP contribution in [0.3, 0.4) is 0 Å². The average molecular weight is 359 g/mol. The lowest BCUT2D eigenvalue weighted by atomic mass is 10.1. The molecule has 1 aliphatic rings. The predicted molar refractivity (Wildman–Crippen MR) is 102 cm³/mol. The molecule has 1 aromatic carbocycles. The molecule has 0 atom stereocenters. The minimum Gasteiger partial charge on any atom is -0.337 e. The van der Waals surface area contributed by atoms with Gasteiger partial charge in [0, 0.05) is 49.4 Å². The highest BCUT2D eigenvalue weighted by Crippen LogP contribution is 2.46. The van der Waals surface area contributed by atoms with Crippen molar-refractivity contribution in [1.29, 1.82) is 0 Å². The van der Waals surface area contributed by atoms with Crippen molar-refractivity contribution < 1.29 is 4.79 Å². The first-order valence-electron chi connectivity index (χ1n) is 8.61. The number of aryl methyl sites for hydroxylation is 1. The van der Waals surface area contributed by atoms with E-state index in [1.807, 2.05) is 32.4 Å². The maximum absolute atomic E-state index is 12.4. The maximum Gasteiger partial charge on any atom is 0.317 e. The third-order valence-electron chi connectivity index (χ3n) is 4.90. The fourth-order valence-corrected chi connectivity index (χ4v) is 3.50. The third kappa shape index (κ3) is 4.57. The lowest BCUT2D eigenvalue weighted by Crippen LogP contribution is -2.40. The van der Waals surface area contributed by atoms with Gasteiger partial charge < -0.3 is 14.8 Å². The SMILES string of the molecule is CSc1cccc(CN(C)C(=O)NCC2(Cn3ccnc3C)CC2)c1. The molecule has 0 saturated heterocycles. The summed E-state index contributed by atoms with van der Waals surface area (Å²) in [5.41, 5.74) is 1.35. The monoisotopic (exact) mass is 358 g/mol. The molecule has 0 bridgehead atoms. The number of imidazole rings is 1. The lowest BCUT2D eigenvalue weighted by Gasteiger charge is -2.22. The summed E-state index contributed by atoms with van der Waals surface area (Å²) in [5.74, 6) is 1.03. The number of carbonyl (C=O) groups is 1. The highest BCUT2D eigenvalue weighted by Gasteiger charge is 2.43. The van der Waals surface area contributed by atoms with Crippen LogP contribution in [0.25, 0.3) is 0 Å². The Labute approximate surface area is 153 Å². The Morgan fingerprint density at radius 1 is 1.44 bits per heavy atom. The molecule has 134 valence electrons. The van der Waals surface area contributed by atoms with Gasteiger partial charge >= 0.3 is 6.03 Å². The number of aromatic nitrogens is 2. The summed E-state index contributed by atoms with van der Waals surface area (Å²) in [4.78, 5) is 19.7. The van der Waals surface area contributed by atoms with Crippen molar-refractivity contribution in [1.82, 2.24) is 19.8 Å². The number of amides is 2. The van der Waals surface area contributed by atoms with Crippen molar-refractivity contribution in [2.24, 2.45) is 5.41 Å². The van der Waals surface area contributed by atoms with Crippen LogP contribution in [0.2, 0.25) is 0 Å². The van der Waals surface area contributed by atoms with E-state index < -0.39 is 0 Å². The lowest BCUT2D eigenvalue weighted by molar-refractivity contribution is 0.203. The van der Waals surface area contributed by atoms with Crippen molar-refractivity contribution in [3.8, 4) is 0 Å². The van der Waals surface area contributed by atoms with E-state index in [0.29, 0.717) is 6.54 Å². The molecular formula is C19H26N4OS. The van der Waals surface area contributed by atoms with Crippen molar-refractivity contribution in [2.45, 2.75) is 37.8 Å². The summed E-state index contributed by atoms with van der Waals surface area (Å²) in [6.07, 6.45) is 8.23. The molecular weight excluding hydrogens is 332 g/mol. The van der Waals surface area contributed by atoms with Crippen LogP contribution in [-0.4, -0.2) is 40.3 Å². The predicted octanol–water partition coefficient (Wildman–Crippen LogP) is 3.54. The van der Waals surface area contributed by atoms with E-state index in [2.05, 4.69) is 39.3 Å². The number of thioether (sulfide) groups is 1. The van der Waals surface area contributed by atoms with Crippen LogP contribution in [-0.2, 0) is 13.1 Å². The molecule has 0 radical (unpaired) electrons. The van der Waals surface area contributed by atoms with Crippen molar-refractivity contribution >= 4 is 17.8 Å². The van der Waals surface area contributed by atoms with E-state index in [1.54, 1.807) is 16.7 Å². The Hall–Kier alpha value is -1.95. The molecule has 1 saturated carbocycles. The normalized spacial score (nSPS) is 15.0. The molecule has 2 aromatic rings. The van der Waals surface area contributed by atoms with Gasteiger partial charge in [-0.05, 0) is 43.7 Å². The first kappa shape index (κ1) is 17.9. The van der Waals surface area contributed by atoms with Gasteiger partial charge in [-0.3, -0.25) is 0 Å². The Morgan fingerprint density at radius 3 is 2.88 bits per heavy atom. The zero-order valence-electron chi connectivity index (χ0n) is 15.2. The quantitative estimate of drug-likeness (QED) is 0.770. The van der Waals surface area contributed by atoms with Crippen LogP contribution >= 0.6 is 11.8 Å². The van der Waals surface area contributed by atoms with Gasteiger partial charge in [0.2, 0.25) is 0 Å². The van der Waals surface area contributed by atoms with Crippen molar-refractivity contribution in [2.75, 3.05) is 19.8 Å². The highest BCUT2D eigenvalue weighted by molar-refractivity contribution is 7.98. The second kappa shape index (κ2) is 7.52. The van der Waals surface area contributed by atoms with E-state index in [9.17, 15) is 4.79 Å². The standard InChI is InChI=1S/C19H26N4OS/c1-15-20-9-10-23(15)14-19(7-8-19)13-21-18(24)22(2)12-16-5-4-6-17(11-16)25-3/h4-6,9-11H,7-8,12-14H2,1-3H3,(H,21,24). The van der Waals surface area contributed by atoms with Gasteiger partial charge in [0.1, 0.15) is 5.82 Å². The molecule has 6 heteroatoms. The molecule has 1 N–H and O–H groups in total. The van der Waals surface area contributed by atoms with Crippen LogP contribution < -0.4 is 5.32 Å². The van der Waals surface area contributed by atoms with Gasteiger partial charge in [-0.2, -0.15) is 0 Å². The molecule has 1 fully saturated rings. The van der Waals surface area contributed by atoms with Crippen molar-refractivity contribution in [3.63, 3.8) is 0 Å². The molecule has 3 rings (SSSR count). The number of hydrogen-bond acceptors (Lipinski definition) is 3. The second-order valence-corrected chi connectivity index (χ2v) is 7.85. The van der Waals surface area contributed by atoms with Crippen LogP contribution in [0.15, 0.2) is 41.6 Å². The van der Waals surface area contributed by atoms with Gasteiger partial charge in [0.05, 0.1) is 0 Å². The summed E-state index contributed by atoms with van der Waals surface area (Å²) in [7, 11) is 1.85. The summed E-state index contributed by atoms with van der Waals surface area (Å²) in [6.45, 7) is 4.29. The molecule has 2 amide bonds. The molecule has 0 aliphatic heterocycles. The first-order valence-corrected chi connectivity index (χ1v) is 9.83. The van der Waals surface area contributed by atoms with Crippen LogP contribution in [0, 0.1) is 12.3 Å². The molecule has 0 unspecified atom stereocenters. The first-order chi connectivity index (χ1) is 12.0. The summed E-state index contributed by atoms with van der Waals surface area (Å²) in [6, 6.07) is 8.32. The van der Waals surface area contributed by atoms with Gasteiger partial charge in [-0.1, -0.05) is 12.1 Å². The Kier molecular flexibility index (Phi) is 5.37. The number of urea groups is 1. The highest BCUT2D eigenvalue weighted by atomic mass is 32.2. The molecule has 1 heterocycles. The zero-order chi connectivity index (χ0) is 17.9. The number of hydrogen-bond donors (Lipinski definition) is 1. The number of nitrogens with one attached hydrogen (secondary N) is 1. The molecule has 1 aromatic heterocycles. The van der Waals surface area contributed by atoms with Crippen LogP contribution in [0.4, 0.5) is 4.79 Å². The largest absolute Gasteiger partial charge is 0.337 e. The maximum atomic E-state index is 12.4. The minimum absolute atomic E-state index is 0.0109. The Bertz CT molecular complexity index is 739. The fraction of sp³-hybridized carbons (Fsp3) is 0.474. The van der Waals surface area contributed by atoms with E-state index in [4.69, 9.17) is 0 Å². The van der Waals surface area contributed by atoms with Gasteiger partial charge in [0.25, 0.3) is 0 Å². The summed E-state index contributed by atoms with van der Waals surface area (Å²) >= 11 is 1.72. The Morgan fingerprint density at radius 2 is 2.24 bits per heavy atom. The van der Waals surface area contributed by atoms with Crippen LogP contribution in [0.5, 0.6) is 0 Å². The fourth-order valence-electron chi connectivity index (χ4n) is 3.01. The topological polar surface area (TPSA) is 50.2 Å². The van der Waals surface area contributed by atoms with Gasteiger partial charge in [-0.15, -0.1) is 11.8 Å². The molecule has 5 nitrogen and oxygen atoms in total. The Balaban J connectivity index is 1.51. The van der Waals surface area contributed by atoms with E-state index in [1.165, 1.54) is 4.90 Å². The average Bonchev–Trinajstić information content (AvgIpc) is 3.27. The smallest absolute Gasteiger partial charge is 0.317 e. The van der Waals surface area contributed by atoms with E-state index in [-0.39, 0.29) is 11.4 Å². The molecule has 25 heavy (non-hydrogen) atoms. The summed E-state index contributed by atoms with van der Waals surface area (Å²) < 4.78 is 2.18. The second-order valence-electron chi connectivity index (χ2n) is 6.97. The molecule has 0 spiro atoms. The van der Waals surface area contributed by atoms with Crippen molar-refractivity contribution in [3.05, 3.63) is 48.0 Å². The van der Waals surface area contributed by atoms with Gasteiger partial charge in [-0.25, -0.2) is 9.78 Å².